The Morgan fingerprint density at radius 2 is 1.78 bits per heavy atom. The molecule has 1 N–H and O–H groups in total. The van der Waals surface area contributed by atoms with Crippen LogP contribution < -0.4 is 10.0 Å². The van der Waals surface area contributed by atoms with Gasteiger partial charge in [-0.1, -0.05) is 12.1 Å². The maximum atomic E-state index is 12.9. The molecule has 0 spiro atoms. The van der Waals surface area contributed by atoms with Gasteiger partial charge in [0.2, 0.25) is 0 Å². The van der Waals surface area contributed by atoms with Crippen molar-refractivity contribution in [1.29, 1.82) is 0 Å². The van der Waals surface area contributed by atoms with Gasteiger partial charge in [0, 0.05) is 5.56 Å². The second-order valence-electron chi connectivity index (χ2n) is 7.50. The molecule has 150 valence electrons. The molecule has 0 aromatic heterocycles. The summed E-state index contributed by atoms with van der Waals surface area (Å²) in [5.41, 5.74) is -1.52. The van der Waals surface area contributed by atoms with Crippen LogP contribution >= 0.6 is 0 Å². The van der Waals surface area contributed by atoms with E-state index in [2.05, 4.69) is 0 Å². The number of benzene rings is 1. The lowest BCUT2D eigenvalue weighted by Crippen LogP contribution is -3.16. The summed E-state index contributed by atoms with van der Waals surface area (Å²) in [7, 11) is 0. The number of amides is 1. The second-order valence-corrected chi connectivity index (χ2v) is 7.50. The Hall–Kier alpha value is -2.29. The summed E-state index contributed by atoms with van der Waals surface area (Å²) in [5.74, 6) is -1.45. The maximum absolute atomic E-state index is 12.9. The Balaban J connectivity index is 2.12. The fraction of sp³-hybridized carbons (Fsp3) is 0.556. The van der Waals surface area contributed by atoms with Gasteiger partial charge in [-0.2, -0.15) is 13.2 Å². The molecule has 1 heterocycles. The predicted octanol–water partition coefficient (Wildman–Crippen LogP) is 0.632. The van der Waals surface area contributed by atoms with Gasteiger partial charge in [0.1, 0.15) is 11.6 Å². The van der Waals surface area contributed by atoms with Crippen molar-refractivity contribution < 1.29 is 37.5 Å². The molecule has 0 unspecified atom stereocenters. The molecule has 1 aromatic carbocycles. The van der Waals surface area contributed by atoms with E-state index in [0.29, 0.717) is 4.90 Å². The van der Waals surface area contributed by atoms with Crippen LogP contribution in [0.4, 0.5) is 18.0 Å². The minimum absolute atomic E-state index is 0.0329. The van der Waals surface area contributed by atoms with E-state index in [4.69, 9.17) is 4.74 Å². The third kappa shape index (κ3) is 5.59. The third-order valence-corrected chi connectivity index (χ3v) is 4.25. The Morgan fingerprint density at radius 1 is 1.19 bits per heavy atom. The first kappa shape index (κ1) is 21.0. The molecule has 0 radical (unpaired) electrons. The SMILES string of the molecule is CC(C)(C)OC(=O)N1CC[NH+]([C@H](C(=O)[O-])c2cccc(C(F)(F)F)c2)CC1. The lowest BCUT2D eigenvalue weighted by molar-refractivity contribution is -0.928. The lowest BCUT2D eigenvalue weighted by atomic mass is 10.0. The van der Waals surface area contributed by atoms with Gasteiger partial charge in [-0.05, 0) is 32.9 Å². The Bertz CT molecular complexity index is 693. The van der Waals surface area contributed by atoms with Gasteiger partial charge in [0.05, 0.1) is 31.7 Å². The van der Waals surface area contributed by atoms with Crippen molar-refractivity contribution >= 4 is 12.1 Å². The normalized spacial score (nSPS) is 17.5. The molecule has 1 aliphatic rings. The minimum Gasteiger partial charge on any atom is -0.544 e. The van der Waals surface area contributed by atoms with Crippen LogP contribution in [0.2, 0.25) is 0 Å². The zero-order valence-corrected chi connectivity index (χ0v) is 15.4. The number of halogens is 3. The summed E-state index contributed by atoms with van der Waals surface area (Å²) in [5, 5.41) is 11.6. The van der Waals surface area contributed by atoms with Crippen LogP contribution in [0.3, 0.4) is 0 Å². The monoisotopic (exact) mass is 388 g/mol. The summed E-state index contributed by atoms with van der Waals surface area (Å²) in [4.78, 5) is 25.7. The zero-order valence-electron chi connectivity index (χ0n) is 15.4. The number of carboxylic acids is 1. The fourth-order valence-corrected chi connectivity index (χ4v) is 3.02. The van der Waals surface area contributed by atoms with E-state index in [1.54, 1.807) is 20.8 Å². The molecule has 1 aromatic rings. The molecule has 1 amide bonds. The number of piperazine rings is 1. The topological polar surface area (TPSA) is 74.1 Å². The first-order chi connectivity index (χ1) is 12.4. The van der Waals surface area contributed by atoms with E-state index in [0.717, 1.165) is 12.1 Å². The highest BCUT2D eigenvalue weighted by Gasteiger charge is 2.35. The molecule has 6 nitrogen and oxygen atoms in total. The molecule has 0 aliphatic carbocycles. The molecule has 27 heavy (non-hydrogen) atoms. The van der Waals surface area contributed by atoms with Crippen LogP contribution in [0.1, 0.15) is 37.9 Å². The molecular weight excluding hydrogens is 365 g/mol. The van der Waals surface area contributed by atoms with Crippen LogP contribution in [0.5, 0.6) is 0 Å². The van der Waals surface area contributed by atoms with Crippen LogP contribution in [0.15, 0.2) is 24.3 Å². The first-order valence-electron chi connectivity index (χ1n) is 8.59. The van der Waals surface area contributed by atoms with Gasteiger partial charge in [-0.3, -0.25) is 4.90 Å². The van der Waals surface area contributed by atoms with E-state index in [-0.39, 0.29) is 31.7 Å². The molecule has 0 saturated carbocycles. The highest BCUT2D eigenvalue weighted by molar-refractivity contribution is 5.72. The molecule has 1 aliphatic heterocycles. The number of carbonyl (C=O) groups is 2. The number of nitrogens with one attached hydrogen (secondary N) is 1. The third-order valence-electron chi connectivity index (χ3n) is 4.25. The van der Waals surface area contributed by atoms with Gasteiger partial charge >= 0.3 is 12.3 Å². The molecule has 9 heteroatoms. The van der Waals surface area contributed by atoms with Gasteiger partial charge in [0.15, 0.2) is 6.04 Å². The molecule has 2 rings (SSSR count). The number of carboxylic acid groups (broad SMARTS) is 1. The van der Waals surface area contributed by atoms with Gasteiger partial charge in [0.25, 0.3) is 0 Å². The number of hydrogen-bond donors (Lipinski definition) is 1. The average Bonchev–Trinajstić information content (AvgIpc) is 2.53. The molecule has 1 saturated heterocycles. The van der Waals surface area contributed by atoms with E-state index in [1.165, 1.54) is 17.0 Å². The molecule has 1 fully saturated rings. The quantitative estimate of drug-likeness (QED) is 0.825. The van der Waals surface area contributed by atoms with Crippen LogP contribution in [0.25, 0.3) is 0 Å². The standard InChI is InChI=1S/C18H23F3N2O4/c1-17(2,3)27-16(26)23-9-7-22(8-10-23)14(15(24)25)12-5-4-6-13(11-12)18(19,20)21/h4-6,11,14H,7-10H2,1-3H3,(H,24,25)/t14-/m0/s1. The fourth-order valence-electron chi connectivity index (χ4n) is 3.02. The largest absolute Gasteiger partial charge is 0.544 e. The smallest absolute Gasteiger partial charge is 0.416 e. The van der Waals surface area contributed by atoms with Crippen molar-refractivity contribution in [3.63, 3.8) is 0 Å². The lowest BCUT2D eigenvalue weighted by Gasteiger charge is -2.37. The first-order valence-corrected chi connectivity index (χ1v) is 8.59. The predicted molar refractivity (Wildman–Crippen MR) is 87.7 cm³/mol. The summed E-state index contributed by atoms with van der Waals surface area (Å²) >= 11 is 0. The van der Waals surface area contributed by atoms with Crippen molar-refractivity contribution in [2.45, 2.75) is 38.6 Å². The number of aliphatic carboxylic acids is 1. The molecular formula is C18H23F3N2O4. The second kappa shape index (κ2) is 7.75. The highest BCUT2D eigenvalue weighted by atomic mass is 19.4. The Labute approximate surface area is 155 Å². The minimum atomic E-state index is -4.56. The van der Waals surface area contributed by atoms with E-state index in [9.17, 15) is 27.9 Å². The number of carbonyl (C=O) groups excluding carboxylic acids is 2. The van der Waals surface area contributed by atoms with Crippen molar-refractivity contribution in [3.05, 3.63) is 35.4 Å². The van der Waals surface area contributed by atoms with Crippen molar-refractivity contribution in [2.24, 2.45) is 0 Å². The number of hydrogen-bond acceptors (Lipinski definition) is 4. The summed E-state index contributed by atoms with van der Waals surface area (Å²) < 4.78 is 44.0. The van der Waals surface area contributed by atoms with E-state index < -0.39 is 35.4 Å². The number of rotatable bonds is 3. The van der Waals surface area contributed by atoms with Crippen molar-refractivity contribution in [1.82, 2.24) is 4.90 Å². The van der Waals surface area contributed by atoms with Crippen LogP contribution in [-0.2, 0) is 15.7 Å². The number of quaternary nitrogens is 1. The van der Waals surface area contributed by atoms with E-state index in [1.807, 2.05) is 0 Å². The van der Waals surface area contributed by atoms with Gasteiger partial charge in [-0.25, -0.2) is 4.79 Å². The Morgan fingerprint density at radius 3 is 2.26 bits per heavy atom. The molecule has 0 bridgehead atoms. The Kier molecular flexibility index (Phi) is 6.04. The maximum Gasteiger partial charge on any atom is 0.416 e. The number of alkyl halides is 3. The summed E-state index contributed by atoms with van der Waals surface area (Å²) in [6, 6.07) is 3.03. The summed E-state index contributed by atoms with van der Waals surface area (Å²) in [6.07, 6.45) is -5.05. The van der Waals surface area contributed by atoms with Crippen molar-refractivity contribution in [2.75, 3.05) is 26.2 Å². The van der Waals surface area contributed by atoms with E-state index >= 15 is 0 Å². The number of ether oxygens (including phenoxy) is 1. The highest BCUT2D eigenvalue weighted by Crippen LogP contribution is 2.30. The average molecular weight is 388 g/mol. The van der Waals surface area contributed by atoms with Gasteiger partial charge < -0.3 is 19.5 Å². The van der Waals surface area contributed by atoms with Crippen LogP contribution in [0, 0.1) is 0 Å². The van der Waals surface area contributed by atoms with Gasteiger partial charge in [-0.15, -0.1) is 0 Å². The molecule has 1 atom stereocenters. The van der Waals surface area contributed by atoms with Crippen LogP contribution in [-0.4, -0.2) is 48.7 Å². The summed E-state index contributed by atoms with van der Waals surface area (Å²) in [6.45, 7) is 6.23. The van der Waals surface area contributed by atoms with Crippen molar-refractivity contribution in [3.8, 4) is 0 Å². The number of nitrogens with zero attached hydrogens (tertiary/aromatic N) is 1. The zero-order chi connectivity index (χ0) is 20.4.